The number of nitrogens with zero attached hydrogens (tertiary/aromatic N) is 2. The van der Waals surface area contributed by atoms with Crippen LogP contribution in [0.4, 0.5) is 5.69 Å². The number of aromatic nitrogens is 2. The predicted octanol–water partition coefficient (Wildman–Crippen LogP) is 3.77. The summed E-state index contributed by atoms with van der Waals surface area (Å²) in [5.74, 6) is 1.97. The molecule has 3 rings (SSSR count). The summed E-state index contributed by atoms with van der Waals surface area (Å²) < 4.78 is 21.3. The van der Waals surface area contributed by atoms with Gasteiger partial charge in [0.05, 0.1) is 31.3 Å². The summed E-state index contributed by atoms with van der Waals surface area (Å²) in [6.45, 7) is 3.57. The van der Waals surface area contributed by atoms with Crippen LogP contribution in [0.2, 0.25) is 0 Å². The van der Waals surface area contributed by atoms with Gasteiger partial charge in [-0.25, -0.2) is 0 Å². The lowest BCUT2D eigenvalue weighted by molar-refractivity contribution is -0.115. The fourth-order valence-electron chi connectivity index (χ4n) is 2.34. The van der Waals surface area contributed by atoms with Gasteiger partial charge in [0, 0.05) is 11.8 Å². The van der Waals surface area contributed by atoms with Crippen molar-refractivity contribution in [1.82, 2.24) is 10.2 Å². The first-order valence-corrected chi connectivity index (χ1v) is 8.97. The Hall–Kier alpha value is -2.94. The third kappa shape index (κ3) is 4.25. The highest BCUT2D eigenvalue weighted by molar-refractivity contribution is 8.00. The number of methoxy groups -OCH3 is 2. The van der Waals surface area contributed by atoms with Gasteiger partial charge in [-0.15, -0.1) is 10.2 Å². The highest BCUT2D eigenvalue weighted by Crippen LogP contribution is 2.31. The van der Waals surface area contributed by atoms with E-state index in [2.05, 4.69) is 15.5 Å². The number of hydrogen-bond acceptors (Lipinski definition) is 8. The van der Waals surface area contributed by atoms with Crippen molar-refractivity contribution in [2.75, 3.05) is 19.5 Å². The molecule has 1 atom stereocenters. The van der Waals surface area contributed by atoms with Gasteiger partial charge in [-0.3, -0.25) is 4.79 Å². The maximum absolute atomic E-state index is 12.5. The number of carbonyl (C=O) groups is 1. The smallest absolute Gasteiger partial charge is 0.277 e. The van der Waals surface area contributed by atoms with Gasteiger partial charge >= 0.3 is 0 Å². The monoisotopic (exact) mass is 389 g/mol. The largest absolute Gasteiger partial charge is 0.493 e. The van der Waals surface area contributed by atoms with Gasteiger partial charge in [-0.1, -0.05) is 11.8 Å². The second-order valence-corrected chi connectivity index (χ2v) is 6.87. The molecule has 0 bridgehead atoms. The second-order valence-electron chi connectivity index (χ2n) is 5.58. The van der Waals surface area contributed by atoms with Crippen LogP contribution in [-0.2, 0) is 4.79 Å². The Labute approximate surface area is 160 Å². The third-order valence-electron chi connectivity index (χ3n) is 3.79. The molecule has 0 fully saturated rings. The van der Waals surface area contributed by atoms with Crippen molar-refractivity contribution >= 4 is 23.4 Å². The first-order chi connectivity index (χ1) is 13.0. The van der Waals surface area contributed by atoms with E-state index >= 15 is 0 Å². The van der Waals surface area contributed by atoms with Gasteiger partial charge in [0.25, 0.3) is 11.1 Å². The molecule has 1 amide bonds. The minimum atomic E-state index is -0.447. The van der Waals surface area contributed by atoms with E-state index in [1.165, 1.54) is 18.9 Å². The van der Waals surface area contributed by atoms with E-state index in [9.17, 15) is 4.79 Å². The van der Waals surface area contributed by atoms with E-state index in [1.807, 2.05) is 6.92 Å². The molecule has 1 N–H and O–H groups in total. The number of thioether (sulfide) groups is 1. The number of amides is 1. The van der Waals surface area contributed by atoms with Gasteiger partial charge in [0.1, 0.15) is 5.76 Å². The first kappa shape index (κ1) is 18.8. The summed E-state index contributed by atoms with van der Waals surface area (Å²) in [7, 11) is 3.09. The number of furan rings is 1. The fourth-order valence-corrected chi connectivity index (χ4v) is 3.02. The molecule has 0 spiro atoms. The molecule has 3 aromatic rings. The van der Waals surface area contributed by atoms with Crippen molar-refractivity contribution < 1.29 is 23.1 Å². The third-order valence-corrected chi connectivity index (χ3v) is 4.73. The summed E-state index contributed by atoms with van der Waals surface area (Å²) >= 11 is 1.17. The van der Waals surface area contributed by atoms with Crippen LogP contribution in [0, 0.1) is 6.92 Å². The topological polar surface area (TPSA) is 99.6 Å². The quantitative estimate of drug-likeness (QED) is 0.610. The Kier molecular flexibility index (Phi) is 5.70. The number of ether oxygens (including phenoxy) is 2. The molecular formula is C18H19N3O5S. The minimum Gasteiger partial charge on any atom is -0.493 e. The molecule has 0 aliphatic heterocycles. The number of aryl methyl sites for hydroxylation is 1. The molecule has 142 valence electrons. The van der Waals surface area contributed by atoms with Gasteiger partial charge < -0.3 is 23.6 Å². The highest BCUT2D eigenvalue weighted by atomic mass is 32.2. The summed E-state index contributed by atoms with van der Waals surface area (Å²) in [6, 6.07) is 6.91. The predicted molar refractivity (Wildman–Crippen MR) is 100 cm³/mol. The summed E-state index contributed by atoms with van der Waals surface area (Å²) in [5, 5.41) is 10.7. The van der Waals surface area contributed by atoms with Crippen molar-refractivity contribution in [3.63, 3.8) is 0 Å². The fraction of sp³-hybridized carbons (Fsp3) is 0.278. The number of benzene rings is 1. The van der Waals surface area contributed by atoms with Gasteiger partial charge in [-0.2, -0.15) is 0 Å². The molecule has 0 radical (unpaired) electrons. The molecule has 0 saturated carbocycles. The summed E-state index contributed by atoms with van der Waals surface area (Å²) in [4.78, 5) is 12.5. The van der Waals surface area contributed by atoms with Crippen molar-refractivity contribution in [3.05, 3.63) is 36.3 Å². The lowest BCUT2D eigenvalue weighted by Gasteiger charge is -2.12. The van der Waals surface area contributed by atoms with E-state index in [0.717, 1.165) is 5.56 Å². The van der Waals surface area contributed by atoms with Crippen LogP contribution in [0.1, 0.15) is 12.7 Å². The van der Waals surface area contributed by atoms with E-state index in [4.69, 9.17) is 18.3 Å². The van der Waals surface area contributed by atoms with Crippen LogP contribution in [0.25, 0.3) is 11.5 Å². The zero-order chi connectivity index (χ0) is 19.4. The summed E-state index contributed by atoms with van der Waals surface area (Å²) in [6.07, 6.45) is 1.56. The molecule has 2 aromatic heterocycles. The van der Waals surface area contributed by atoms with E-state index in [1.54, 1.807) is 44.6 Å². The maximum atomic E-state index is 12.5. The van der Waals surface area contributed by atoms with E-state index in [-0.39, 0.29) is 5.91 Å². The number of hydrogen-bond donors (Lipinski definition) is 1. The number of anilines is 1. The van der Waals surface area contributed by atoms with Crippen molar-refractivity contribution in [2.45, 2.75) is 24.3 Å². The highest BCUT2D eigenvalue weighted by Gasteiger charge is 2.20. The molecule has 0 aliphatic rings. The average molecular weight is 389 g/mol. The van der Waals surface area contributed by atoms with Crippen LogP contribution in [0.15, 0.2) is 44.6 Å². The van der Waals surface area contributed by atoms with Crippen LogP contribution in [0.3, 0.4) is 0 Å². The average Bonchev–Trinajstić information content (AvgIpc) is 3.30. The Balaban J connectivity index is 1.64. The number of nitrogens with one attached hydrogen (secondary N) is 1. The first-order valence-electron chi connectivity index (χ1n) is 8.09. The minimum absolute atomic E-state index is 0.202. The molecule has 0 aliphatic carbocycles. The molecule has 0 saturated heterocycles. The lowest BCUT2D eigenvalue weighted by Crippen LogP contribution is -2.22. The van der Waals surface area contributed by atoms with Crippen LogP contribution in [0.5, 0.6) is 11.5 Å². The molecule has 2 heterocycles. The molecule has 27 heavy (non-hydrogen) atoms. The number of rotatable bonds is 7. The molecule has 8 nitrogen and oxygen atoms in total. The van der Waals surface area contributed by atoms with Gasteiger partial charge in [0.2, 0.25) is 5.91 Å². The van der Waals surface area contributed by atoms with Crippen LogP contribution in [-0.4, -0.2) is 35.6 Å². The Morgan fingerprint density at radius 1 is 1.19 bits per heavy atom. The number of carbonyl (C=O) groups excluding carboxylic acids is 1. The second kappa shape index (κ2) is 8.17. The SMILES string of the molecule is COc1ccc(NC(=O)C(C)Sc2nnc(-c3ccoc3C)o2)cc1OC. The lowest BCUT2D eigenvalue weighted by atomic mass is 10.2. The van der Waals surface area contributed by atoms with Crippen molar-refractivity contribution in [1.29, 1.82) is 0 Å². The van der Waals surface area contributed by atoms with Gasteiger partial charge in [0.15, 0.2) is 11.5 Å². The zero-order valence-corrected chi connectivity index (χ0v) is 16.1. The molecular weight excluding hydrogens is 370 g/mol. The molecule has 1 aromatic carbocycles. The normalized spacial score (nSPS) is 11.9. The molecule has 1 unspecified atom stereocenters. The standard InChI is InChI=1S/C18H19N3O5S/c1-10-13(7-8-25-10)17-20-21-18(26-17)27-11(2)16(22)19-12-5-6-14(23-3)15(9-12)24-4/h5-9,11H,1-4H3,(H,19,22). The summed E-state index contributed by atoms with van der Waals surface area (Å²) in [5.41, 5.74) is 1.34. The Morgan fingerprint density at radius 2 is 1.96 bits per heavy atom. The Bertz CT molecular complexity index is 937. The van der Waals surface area contributed by atoms with Crippen LogP contribution < -0.4 is 14.8 Å². The van der Waals surface area contributed by atoms with Crippen molar-refractivity contribution in [2.24, 2.45) is 0 Å². The van der Waals surface area contributed by atoms with Gasteiger partial charge in [-0.05, 0) is 32.0 Å². The van der Waals surface area contributed by atoms with E-state index in [0.29, 0.717) is 34.1 Å². The van der Waals surface area contributed by atoms with E-state index < -0.39 is 5.25 Å². The Morgan fingerprint density at radius 3 is 2.63 bits per heavy atom. The molecule has 9 heteroatoms. The van der Waals surface area contributed by atoms with Crippen LogP contribution >= 0.6 is 11.8 Å². The maximum Gasteiger partial charge on any atom is 0.277 e. The zero-order valence-electron chi connectivity index (χ0n) is 15.3. The van der Waals surface area contributed by atoms with Crippen molar-refractivity contribution in [3.8, 4) is 23.0 Å².